The number of hydrogen-bond acceptors (Lipinski definition) is 4. The second-order valence-corrected chi connectivity index (χ2v) is 5.70. The molecule has 0 amide bonds. The minimum atomic E-state index is 0.144. The van der Waals surface area contributed by atoms with Crippen LogP contribution in [0, 0.1) is 6.92 Å². The summed E-state index contributed by atoms with van der Waals surface area (Å²) in [5.41, 5.74) is 3.04. The molecule has 0 saturated heterocycles. The lowest BCUT2D eigenvalue weighted by molar-refractivity contribution is 0.423. The zero-order valence-corrected chi connectivity index (χ0v) is 13.0. The Kier molecular flexibility index (Phi) is 3.75. The number of hydrogen-bond donors (Lipinski definition) is 1. The first-order chi connectivity index (χ1) is 10.1. The Morgan fingerprint density at radius 2 is 2.05 bits per heavy atom. The van der Waals surface area contributed by atoms with Crippen molar-refractivity contribution < 1.29 is 9.63 Å². The van der Waals surface area contributed by atoms with E-state index < -0.39 is 0 Å². The summed E-state index contributed by atoms with van der Waals surface area (Å²) < 4.78 is 5.89. The minimum absolute atomic E-state index is 0.144. The quantitative estimate of drug-likeness (QED) is 0.776. The Morgan fingerprint density at radius 1 is 1.19 bits per heavy atom. The summed E-state index contributed by atoms with van der Waals surface area (Å²) in [6.45, 7) is 2.05. The summed E-state index contributed by atoms with van der Waals surface area (Å²) in [6.07, 6.45) is 0.619. The van der Waals surface area contributed by atoms with E-state index in [1.165, 1.54) is 5.56 Å². The number of rotatable bonds is 3. The van der Waals surface area contributed by atoms with Gasteiger partial charge in [-0.1, -0.05) is 35.0 Å². The van der Waals surface area contributed by atoms with Crippen LogP contribution in [0.25, 0.3) is 11.5 Å². The summed E-state index contributed by atoms with van der Waals surface area (Å²) in [5, 5.41) is 13.7. The average molecular weight is 345 g/mol. The Balaban J connectivity index is 1.84. The zero-order chi connectivity index (χ0) is 14.8. The van der Waals surface area contributed by atoms with Crippen LogP contribution in [0.2, 0.25) is 0 Å². The van der Waals surface area contributed by atoms with Gasteiger partial charge in [0.15, 0.2) is 5.82 Å². The molecule has 1 heterocycles. The maximum atomic E-state index is 9.70. The highest BCUT2D eigenvalue weighted by atomic mass is 79.9. The average Bonchev–Trinajstić information content (AvgIpc) is 2.90. The summed E-state index contributed by atoms with van der Waals surface area (Å²) >= 11 is 3.24. The molecule has 4 nitrogen and oxygen atoms in total. The highest BCUT2D eigenvalue weighted by Gasteiger charge is 2.11. The molecule has 0 fully saturated rings. The Morgan fingerprint density at radius 3 is 2.81 bits per heavy atom. The molecule has 3 aromatic rings. The molecule has 0 spiro atoms. The Bertz CT molecular complexity index is 783. The molecule has 3 rings (SSSR count). The molecule has 1 N–H and O–H groups in total. The van der Waals surface area contributed by atoms with Crippen LogP contribution in [0.3, 0.4) is 0 Å². The van der Waals surface area contributed by atoms with Gasteiger partial charge < -0.3 is 9.63 Å². The molecule has 21 heavy (non-hydrogen) atoms. The van der Waals surface area contributed by atoms with Crippen molar-refractivity contribution in [1.29, 1.82) is 0 Å². The second kappa shape index (κ2) is 5.69. The van der Waals surface area contributed by atoms with Crippen molar-refractivity contribution in [2.24, 2.45) is 0 Å². The first-order valence-corrected chi connectivity index (χ1v) is 7.28. The maximum Gasteiger partial charge on any atom is 0.258 e. The molecule has 0 radical (unpaired) electrons. The van der Waals surface area contributed by atoms with E-state index in [2.05, 4.69) is 45.1 Å². The van der Waals surface area contributed by atoms with Crippen LogP contribution in [-0.4, -0.2) is 15.2 Å². The first-order valence-electron chi connectivity index (χ1n) is 6.49. The summed E-state index contributed by atoms with van der Waals surface area (Å²) in [7, 11) is 0. The lowest BCUT2D eigenvalue weighted by Gasteiger charge is -1.99. The van der Waals surface area contributed by atoms with E-state index in [0.717, 1.165) is 5.56 Å². The molecule has 0 unspecified atom stereocenters. The van der Waals surface area contributed by atoms with E-state index >= 15 is 0 Å². The second-order valence-electron chi connectivity index (χ2n) is 4.85. The van der Waals surface area contributed by atoms with E-state index in [1.54, 1.807) is 12.1 Å². The fourth-order valence-electron chi connectivity index (χ4n) is 2.09. The van der Waals surface area contributed by atoms with Gasteiger partial charge in [-0.05, 0) is 46.6 Å². The number of benzene rings is 2. The third kappa shape index (κ3) is 3.13. The number of nitrogens with zero attached hydrogens (tertiary/aromatic N) is 2. The van der Waals surface area contributed by atoms with E-state index in [4.69, 9.17) is 4.52 Å². The molecule has 106 valence electrons. The molecule has 1 aromatic heterocycles. The minimum Gasteiger partial charge on any atom is -0.507 e. The van der Waals surface area contributed by atoms with Gasteiger partial charge >= 0.3 is 0 Å². The normalized spacial score (nSPS) is 10.8. The number of phenols is 1. The van der Waals surface area contributed by atoms with Crippen molar-refractivity contribution in [1.82, 2.24) is 10.1 Å². The Labute approximate surface area is 130 Å². The van der Waals surface area contributed by atoms with E-state index in [0.29, 0.717) is 28.2 Å². The van der Waals surface area contributed by atoms with Gasteiger partial charge in [-0.2, -0.15) is 4.98 Å². The topological polar surface area (TPSA) is 59.2 Å². The highest BCUT2D eigenvalue weighted by Crippen LogP contribution is 2.29. The molecule has 0 aliphatic carbocycles. The Hall–Kier alpha value is -2.14. The van der Waals surface area contributed by atoms with Crippen molar-refractivity contribution >= 4 is 15.9 Å². The van der Waals surface area contributed by atoms with Crippen molar-refractivity contribution in [3.8, 4) is 17.2 Å². The summed E-state index contributed by atoms with van der Waals surface area (Å²) in [4.78, 5) is 4.37. The molecule has 0 aliphatic rings. The number of aryl methyl sites for hydroxylation is 1. The van der Waals surface area contributed by atoms with Crippen LogP contribution in [-0.2, 0) is 6.42 Å². The van der Waals surface area contributed by atoms with Crippen LogP contribution in [0.1, 0.15) is 17.0 Å². The van der Waals surface area contributed by atoms with Crippen LogP contribution in [0.5, 0.6) is 5.75 Å². The number of phenolic OH excluding ortho intramolecular Hbond substituents is 1. The lowest BCUT2D eigenvalue weighted by atomic mass is 10.1. The maximum absolute atomic E-state index is 9.70. The zero-order valence-electron chi connectivity index (χ0n) is 11.4. The standard InChI is InChI=1S/C16H13BrN2O2/c1-10-3-2-4-11(7-10)8-15-18-16(21-19-15)12-5-6-13(17)14(20)9-12/h2-7,9,20H,8H2,1H3. The molecule has 2 aromatic carbocycles. The molecule has 0 aliphatic heterocycles. The summed E-state index contributed by atoms with van der Waals surface area (Å²) in [5.74, 6) is 1.17. The van der Waals surface area contributed by atoms with Gasteiger partial charge in [-0.15, -0.1) is 0 Å². The predicted molar refractivity (Wildman–Crippen MR) is 83.1 cm³/mol. The third-order valence-corrected chi connectivity index (χ3v) is 3.78. The van der Waals surface area contributed by atoms with Crippen molar-refractivity contribution in [3.63, 3.8) is 0 Å². The number of aromatic hydroxyl groups is 1. The highest BCUT2D eigenvalue weighted by molar-refractivity contribution is 9.10. The van der Waals surface area contributed by atoms with Crippen molar-refractivity contribution in [3.05, 3.63) is 63.9 Å². The van der Waals surface area contributed by atoms with Gasteiger partial charge in [0.25, 0.3) is 5.89 Å². The largest absolute Gasteiger partial charge is 0.507 e. The number of halogens is 1. The predicted octanol–water partition coefficient (Wildman–Crippen LogP) is 4.10. The lowest BCUT2D eigenvalue weighted by Crippen LogP contribution is -1.91. The van der Waals surface area contributed by atoms with Crippen LogP contribution in [0.4, 0.5) is 0 Å². The fourth-order valence-corrected chi connectivity index (χ4v) is 2.34. The SMILES string of the molecule is Cc1cccc(Cc2noc(-c3ccc(Br)c(O)c3)n2)c1. The van der Waals surface area contributed by atoms with Crippen LogP contribution in [0.15, 0.2) is 51.5 Å². The van der Waals surface area contributed by atoms with Crippen molar-refractivity contribution in [2.45, 2.75) is 13.3 Å². The van der Waals surface area contributed by atoms with Crippen molar-refractivity contribution in [2.75, 3.05) is 0 Å². The monoisotopic (exact) mass is 344 g/mol. The smallest absolute Gasteiger partial charge is 0.258 e. The summed E-state index contributed by atoms with van der Waals surface area (Å²) in [6, 6.07) is 13.3. The van der Waals surface area contributed by atoms with Gasteiger partial charge in [0.05, 0.1) is 4.47 Å². The van der Waals surface area contributed by atoms with Gasteiger partial charge in [0, 0.05) is 12.0 Å². The van der Waals surface area contributed by atoms with E-state index in [9.17, 15) is 5.11 Å². The molecule has 0 atom stereocenters. The molecular formula is C16H13BrN2O2. The molecular weight excluding hydrogens is 332 g/mol. The van der Waals surface area contributed by atoms with Crippen LogP contribution >= 0.6 is 15.9 Å². The molecule has 0 bridgehead atoms. The van der Waals surface area contributed by atoms with E-state index in [-0.39, 0.29) is 5.75 Å². The van der Waals surface area contributed by atoms with Gasteiger partial charge in [-0.3, -0.25) is 0 Å². The number of aromatic nitrogens is 2. The van der Waals surface area contributed by atoms with Crippen LogP contribution < -0.4 is 0 Å². The fraction of sp³-hybridized carbons (Fsp3) is 0.125. The molecule has 5 heteroatoms. The first kappa shape index (κ1) is 13.8. The van der Waals surface area contributed by atoms with Gasteiger partial charge in [0.2, 0.25) is 0 Å². The van der Waals surface area contributed by atoms with E-state index in [1.807, 2.05) is 18.2 Å². The molecule has 0 saturated carbocycles. The third-order valence-electron chi connectivity index (χ3n) is 3.11. The van der Waals surface area contributed by atoms with Gasteiger partial charge in [-0.25, -0.2) is 0 Å². The van der Waals surface area contributed by atoms with Gasteiger partial charge in [0.1, 0.15) is 5.75 Å².